The Morgan fingerprint density at radius 1 is 1.18 bits per heavy atom. The monoisotopic (exact) mass is 256 g/mol. The molecule has 0 spiro atoms. The molecule has 3 heteroatoms. The maximum absolute atomic E-state index is 9.81. The van der Waals surface area contributed by atoms with E-state index in [0.717, 1.165) is 6.42 Å². The molecular weight excluding hydrogens is 232 g/mol. The van der Waals surface area contributed by atoms with Crippen LogP contribution in [-0.4, -0.2) is 22.4 Å². The van der Waals surface area contributed by atoms with Crippen molar-refractivity contribution >= 4 is 11.3 Å². The molecule has 0 radical (unpaired) electrons. The largest absolute Gasteiger partial charge is 0.390 e. The second-order valence-electron chi connectivity index (χ2n) is 4.73. The number of aliphatic hydroxyl groups is 2. The zero-order valence-corrected chi connectivity index (χ0v) is 11.8. The smallest absolute Gasteiger partial charge is 0.0805 e. The minimum absolute atomic E-state index is 0.321. The van der Waals surface area contributed by atoms with Gasteiger partial charge in [-0.1, -0.05) is 27.2 Å². The van der Waals surface area contributed by atoms with Crippen molar-refractivity contribution in [3.8, 4) is 0 Å². The molecule has 0 aromatic carbocycles. The van der Waals surface area contributed by atoms with Gasteiger partial charge in [-0.05, 0) is 37.3 Å². The highest BCUT2D eigenvalue weighted by Crippen LogP contribution is 2.29. The second kappa shape index (κ2) is 7.14. The lowest BCUT2D eigenvalue weighted by Crippen LogP contribution is -2.26. The molecule has 0 aliphatic heterocycles. The Bertz CT molecular complexity index is 322. The van der Waals surface area contributed by atoms with Gasteiger partial charge in [-0.3, -0.25) is 0 Å². The molecule has 98 valence electrons. The molecule has 0 aliphatic rings. The van der Waals surface area contributed by atoms with Crippen LogP contribution in [0.5, 0.6) is 0 Å². The first-order valence-electron chi connectivity index (χ1n) is 6.53. The third-order valence-electron chi connectivity index (χ3n) is 3.12. The Balaban J connectivity index is 2.53. The van der Waals surface area contributed by atoms with Crippen LogP contribution in [0.15, 0.2) is 12.1 Å². The first-order valence-corrected chi connectivity index (χ1v) is 7.34. The predicted molar refractivity (Wildman–Crippen MR) is 73.7 cm³/mol. The van der Waals surface area contributed by atoms with Crippen LogP contribution >= 0.6 is 11.3 Å². The van der Waals surface area contributed by atoms with Crippen LogP contribution in [0.1, 0.15) is 55.7 Å². The fraction of sp³-hybridized carbons (Fsp3) is 0.714. The van der Waals surface area contributed by atoms with E-state index in [1.807, 2.05) is 18.3 Å². The summed E-state index contributed by atoms with van der Waals surface area (Å²) >= 11 is 1.83. The summed E-state index contributed by atoms with van der Waals surface area (Å²) in [6.45, 7) is 6.19. The van der Waals surface area contributed by atoms with Crippen molar-refractivity contribution in [1.29, 1.82) is 0 Å². The van der Waals surface area contributed by atoms with Crippen LogP contribution < -0.4 is 0 Å². The van der Waals surface area contributed by atoms with E-state index in [2.05, 4.69) is 26.0 Å². The summed E-state index contributed by atoms with van der Waals surface area (Å²) in [6.07, 6.45) is 2.36. The molecule has 1 rings (SSSR count). The Hall–Kier alpha value is -0.380. The van der Waals surface area contributed by atoms with Crippen molar-refractivity contribution in [3.05, 3.63) is 21.9 Å². The maximum atomic E-state index is 9.81. The molecule has 1 aromatic heterocycles. The van der Waals surface area contributed by atoms with Crippen LogP contribution in [0.3, 0.4) is 0 Å². The number of aryl methyl sites for hydroxylation is 1. The third-order valence-corrected chi connectivity index (χ3v) is 4.50. The molecule has 17 heavy (non-hydrogen) atoms. The fourth-order valence-electron chi connectivity index (χ4n) is 1.95. The van der Waals surface area contributed by atoms with Crippen LogP contribution in [-0.2, 0) is 6.42 Å². The van der Waals surface area contributed by atoms with Crippen LogP contribution in [0, 0.1) is 0 Å². The van der Waals surface area contributed by atoms with Gasteiger partial charge in [0.05, 0.1) is 12.2 Å². The molecule has 3 atom stereocenters. The van der Waals surface area contributed by atoms with Crippen LogP contribution in [0.4, 0.5) is 0 Å². The molecular formula is C14H24O2S. The quantitative estimate of drug-likeness (QED) is 0.785. The number of hydrogen-bond donors (Lipinski definition) is 2. The van der Waals surface area contributed by atoms with Crippen molar-refractivity contribution in [3.63, 3.8) is 0 Å². The van der Waals surface area contributed by atoms with E-state index in [-0.39, 0.29) is 0 Å². The Labute approximate surface area is 108 Å². The lowest BCUT2D eigenvalue weighted by Gasteiger charge is -2.19. The summed E-state index contributed by atoms with van der Waals surface area (Å²) in [4.78, 5) is 2.73. The van der Waals surface area contributed by atoms with Gasteiger partial charge in [0.15, 0.2) is 0 Å². The summed E-state index contributed by atoms with van der Waals surface area (Å²) in [5, 5.41) is 19.4. The van der Waals surface area contributed by atoms with Gasteiger partial charge in [-0.15, -0.1) is 11.3 Å². The van der Waals surface area contributed by atoms with Crippen molar-refractivity contribution in [2.24, 2.45) is 0 Å². The molecule has 0 amide bonds. The third kappa shape index (κ3) is 4.41. The molecule has 1 heterocycles. The summed E-state index contributed by atoms with van der Waals surface area (Å²) in [5.74, 6) is 0.321. The highest BCUT2D eigenvalue weighted by molar-refractivity contribution is 7.12. The van der Waals surface area contributed by atoms with Gasteiger partial charge < -0.3 is 10.2 Å². The van der Waals surface area contributed by atoms with E-state index in [1.165, 1.54) is 16.2 Å². The lowest BCUT2D eigenvalue weighted by molar-refractivity contribution is 0.00970. The topological polar surface area (TPSA) is 40.5 Å². The van der Waals surface area contributed by atoms with Crippen molar-refractivity contribution in [2.75, 3.05) is 0 Å². The van der Waals surface area contributed by atoms with Crippen LogP contribution in [0.25, 0.3) is 0 Å². The fourth-order valence-corrected chi connectivity index (χ4v) is 3.13. The van der Waals surface area contributed by atoms with Gasteiger partial charge in [0.2, 0.25) is 0 Å². The highest BCUT2D eigenvalue weighted by atomic mass is 32.1. The van der Waals surface area contributed by atoms with E-state index in [0.29, 0.717) is 18.8 Å². The lowest BCUT2D eigenvalue weighted by atomic mass is 9.98. The first kappa shape index (κ1) is 14.7. The van der Waals surface area contributed by atoms with Gasteiger partial charge in [0.25, 0.3) is 0 Å². The SMILES string of the molecule is CCCc1ccc(C(C)CC(O)C(O)CC)s1. The Morgan fingerprint density at radius 3 is 2.47 bits per heavy atom. The van der Waals surface area contributed by atoms with Gasteiger partial charge >= 0.3 is 0 Å². The normalized spacial score (nSPS) is 16.8. The molecule has 3 unspecified atom stereocenters. The van der Waals surface area contributed by atoms with E-state index < -0.39 is 12.2 Å². The molecule has 1 aromatic rings. The van der Waals surface area contributed by atoms with Crippen molar-refractivity contribution < 1.29 is 10.2 Å². The zero-order chi connectivity index (χ0) is 12.8. The molecule has 2 nitrogen and oxygen atoms in total. The predicted octanol–water partition coefficient (Wildman–Crippen LogP) is 3.33. The summed E-state index contributed by atoms with van der Waals surface area (Å²) < 4.78 is 0. The first-order chi connectivity index (χ1) is 8.08. The summed E-state index contributed by atoms with van der Waals surface area (Å²) in [7, 11) is 0. The molecule has 2 N–H and O–H groups in total. The summed E-state index contributed by atoms with van der Waals surface area (Å²) in [5.41, 5.74) is 0. The number of aliphatic hydroxyl groups excluding tert-OH is 2. The highest BCUT2D eigenvalue weighted by Gasteiger charge is 2.19. The van der Waals surface area contributed by atoms with Crippen molar-refractivity contribution in [1.82, 2.24) is 0 Å². The van der Waals surface area contributed by atoms with Gasteiger partial charge in [-0.25, -0.2) is 0 Å². The maximum Gasteiger partial charge on any atom is 0.0805 e. The van der Waals surface area contributed by atoms with Gasteiger partial charge in [0, 0.05) is 9.75 Å². The summed E-state index contributed by atoms with van der Waals surface area (Å²) in [6, 6.07) is 4.34. The van der Waals surface area contributed by atoms with Gasteiger partial charge in [-0.2, -0.15) is 0 Å². The average Bonchev–Trinajstić information content (AvgIpc) is 2.77. The van der Waals surface area contributed by atoms with E-state index in [9.17, 15) is 10.2 Å². The number of rotatable bonds is 7. The van der Waals surface area contributed by atoms with Crippen molar-refractivity contribution in [2.45, 2.75) is 64.6 Å². The molecule has 0 bridgehead atoms. The Kier molecular flexibility index (Phi) is 6.17. The molecule has 0 aliphatic carbocycles. The molecule has 0 saturated heterocycles. The molecule has 0 saturated carbocycles. The minimum Gasteiger partial charge on any atom is -0.390 e. The van der Waals surface area contributed by atoms with Gasteiger partial charge in [0.1, 0.15) is 0 Å². The second-order valence-corrected chi connectivity index (χ2v) is 5.93. The standard InChI is InChI=1S/C14H24O2S/c1-4-6-11-7-8-14(17-11)10(3)9-13(16)12(15)5-2/h7-8,10,12-13,15-16H,4-6,9H2,1-3H3. The van der Waals surface area contributed by atoms with E-state index >= 15 is 0 Å². The zero-order valence-electron chi connectivity index (χ0n) is 11.0. The number of hydrogen-bond acceptors (Lipinski definition) is 3. The average molecular weight is 256 g/mol. The molecule has 0 fully saturated rings. The van der Waals surface area contributed by atoms with E-state index in [4.69, 9.17) is 0 Å². The number of thiophene rings is 1. The minimum atomic E-state index is -0.605. The Morgan fingerprint density at radius 2 is 1.88 bits per heavy atom. The van der Waals surface area contributed by atoms with E-state index in [1.54, 1.807) is 0 Å². The van der Waals surface area contributed by atoms with Crippen LogP contribution in [0.2, 0.25) is 0 Å².